The first-order valence-electron chi connectivity index (χ1n) is 19.3. The summed E-state index contributed by atoms with van der Waals surface area (Å²) in [4.78, 5) is 13.7. The molecule has 1 spiro atoms. The average molecular weight is 935 g/mol. The van der Waals surface area contributed by atoms with Gasteiger partial charge in [-0.3, -0.25) is 0 Å². The molecular weight excluding hydrogens is 896 g/mol. The summed E-state index contributed by atoms with van der Waals surface area (Å²) in [6.07, 6.45) is 6.41. The van der Waals surface area contributed by atoms with Crippen LogP contribution in [0.4, 0.5) is 28.4 Å². The second-order valence-corrected chi connectivity index (χ2v) is 15.4. The molecule has 0 fully saturated rings. The molecule has 58 heavy (non-hydrogen) atoms. The van der Waals surface area contributed by atoms with E-state index >= 15 is 0 Å². The SMILES string of the molecule is CN(C)c1cccc2c1C1(c3ccc(Oc4[c-]c5c(cc4)c4ccccc4n5-c4ccccn4)[c-]c3N3[CH-]N(C)c4cccc1c43)c1c(cccc1N(C)C)C=C2.[Pt]. The molecule has 0 radical (unpaired) electrons. The Bertz CT molecular complexity index is 2910. The van der Waals surface area contributed by atoms with E-state index in [-0.39, 0.29) is 21.1 Å². The van der Waals surface area contributed by atoms with Crippen LogP contribution in [0.5, 0.6) is 11.5 Å². The van der Waals surface area contributed by atoms with Gasteiger partial charge in [-0.15, -0.1) is 35.2 Å². The van der Waals surface area contributed by atoms with Gasteiger partial charge >= 0.3 is 0 Å². The molecule has 2 aromatic heterocycles. The fourth-order valence-electron chi connectivity index (χ4n) is 9.57. The summed E-state index contributed by atoms with van der Waals surface area (Å²) >= 11 is 0. The van der Waals surface area contributed by atoms with Gasteiger partial charge in [0.25, 0.3) is 0 Å². The molecule has 0 saturated heterocycles. The standard InChI is InChI=1S/C50H39N6O.Pt/c1-52(2)41-18-10-13-32-22-23-33-14-11-19-42(53(3)4)48(33)50(47(32)41)38-27-25-35(30-45(38)55-31-54(5)43-20-12-16-39(50)49(43)55)57-34-24-26-37-36-15-6-7-17-40(36)56(44(37)29-34)46-21-8-9-28-51-46;/h6-28,31H,1-5H3;/q-3;. The zero-order valence-corrected chi connectivity index (χ0v) is 35.0. The first-order chi connectivity index (χ1) is 27.8. The number of benzene rings is 6. The summed E-state index contributed by atoms with van der Waals surface area (Å²) in [5.74, 6) is 2.04. The van der Waals surface area contributed by atoms with Crippen LogP contribution in [0.15, 0.2) is 128 Å². The van der Waals surface area contributed by atoms with Gasteiger partial charge in [-0.1, -0.05) is 84.0 Å². The third kappa shape index (κ3) is 4.99. The Hall–Kier alpha value is -6.30. The predicted molar refractivity (Wildman–Crippen MR) is 233 cm³/mol. The summed E-state index contributed by atoms with van der Waals surface area (Å²) in [6.45, 7) is 2.18. The van der Waals surface area contributed by atoms with Crippen molar-refractivity contribution in [1.82, 2.24) is 9.55 Å². The molecule has 288 valence electrons. The van der Waals surface area contributed by atoms with E-state index < -0.39 is 5.41 Å². The molecule has 6 aromatic carbocycles. The number of pyridine rings is 1. The van der Waals surface area contributed by atoms with E-state index in [0.717, 1.165) is 61.6 Å². The van der Waals surface area contributed by atoms with Gasteiger partial charge in [0.15, 0.2) is 0 Å². The predicted octanol–water partition coefficient (Wildman–Crippen LogP) is 10.6. The molecule has 11 rings (SSSR count). The Morgan fingerprint density at radius 3 is 2.03 bits per heavy atom. The second-order valence-electron chi connectivity index (χ2n) is 15.4. The van der Waals surface area contributed by atoms with Crippen LogP contribution in [-0.2, 0) is 26.5 Å². The Kier molecular flexibility index (Phi) is 8.33. The second kappa shape index (κ2) is 13.4. The van der Waals surface area contributed by atoms with Crippen LogP contribution in [0.3, 0.4) is 0 Å². The minimum Gasteiger partial charge on any atom is -0.509 e. The molecule has 2 aliphatic heterocycles. The number of rotatable bonds is 5. The molecule has 0 saturated carbocycles. The van der Waals surface area contributed by atoms with Crippen LogP contribution >= 0.6 is 0 Å². The van der Waals surface area contributed by atoms with E-state index in [1.807, 2.05) is 30.5 Å². The molecule has 4 heterocycles. The number of fused-ring (bicyclic) bond motifs is 11. The topological polar surface area (TPSA) is 40.0 Å². The number of hydrogen-bond acceptors (Lipinski definition) is 6. The number of para-hydroxylation sites is 2. The summed E-state index contributed by atoms with van der Waals surface area (Å²) in [7, 11) is 10.7. The molecule has 0 unspecified atom stereocenters. The van der Waals surface area contributed by atoms with E-state index in [1.165, 1.54) is 27.8 Å². The summed E-state index contributed by atoms with van der Waals surface area (Å²) in [5, 5.41) is 2.23. The van der Waals surface area contributed by atoms with Crippen LogP contribution in [0.2, 0.25) is 0 Å². The van der Waals surface area contributed by atoms with Gasteiger partial charge in [0.1, 0.15) is 5.82 Å². The van der Waals surface area contributed by atoms with Crippen LogP contribution in [-0.4, -0.2) is 44.8 Å². The first kappa shape index (κ1) is 36.1. The summed E-state index contributed by atoms with van der Waals surface area (Å²) < 4.78 is 8.96. The normalized spacial score (nSPS) is 14.1. The minimum atomic E-state index is -0.726. The van der Waals surface area contributed by atoms with Gasteiger partial charge in [-0.05, 0) is 76.6 Å². The van der Waals surface area contributed by atoms with Gasteiger partial charge < -0.3 is 28.9 Å². The maximum absolute atomic E-state index is 6.80. The van der Waals surface area contributed by atoms with Crippen molar-refractivity contribution in [2.75, 3.05) is 54.8 Å². The number of anilines is 5. The Morgan fingerprint density at radius 1 is 0.655 bits per heavy atom. The van der Waals surface area contributed by atoms with Gasteiger partial charge in [-0.25, -0.2) is 4.98 Å². The largest absolute Gasteiger partial charge is 0.509 e. The van der Waals surface area contributed by atoms with Crippen molar-refractivity contribution in [2.45, 2.75) is 5.41 Å². The Morgan fingerprint density at radius 2 is 1.33 bits per heavy atom. The van der Waals surface area contributed by atoms with E-state index in [4.69, 9.17) is 9.72 Å². The van der Waals surface area contributed by atoms with E-state index in [2.05, 4.69) is 187 Å². The van der Waals surface area contributed by atoms with Crippen molar-refractivity contribution < 1.29 is 25.8 Å². The molecule has 1 aliphatic carbocycles. The zero-order chi connectivity index (χ0) is 38.6. The third-order valence-corrected chi connectivity index (χ3v) is 11.8. The molecule has 0 bridgehead atoms. The van der Waals surface area contributed by atoms with E-state index in [1.54, 1.807) is 0 Å². The summed E-state index contributed by atoms with van der Waals surface area (Å²) in [6, 6.07) is 50.5. The smallest absolute Gasteiger partial charge is 0.135 e. The molecule has 3 aliphatic rings. The van der Waals surface area contributed by atoms with Crippen LogP contribution < -0.4 is 24.3 Å². The zero-order valence-electron chi connectivity index (χ0n) is 32.8. The van der Waals surface area contributed by atoms with Crippen molar-refractivity contribution in [2.24, 2.45) is 0 Å². The third-order valence-electron chi connectivity index (χ3n) is 11.8. The van der Waals surface area contributed by atoms with Crippen LogP contribution in [0.25, 0.3) is 39.8 Å². The first-order valence-corrected chi connectivity index (χ1v) is 19.3. The van der Waals surface area contributed by atoms with Gasteiger partial charge in [-0.2, -0.15) is 18.8 Å². The molecule has 0 atom stereocenters. The van der Waals surface area contributed by atoms with Crippen LogP contribution in [0, 0.1) is 18.8 Å². The van der Waals surface area contributed by atoms with Gasteiger partial charge in [0.2, 0.25) is 0 Å². The van der Waals surface area contributed by atoms with Crippen molar-refractivity contribution >= 4 is 62.4 Å². The molecule has 8 aromatic rings. The van der Waals surface area contributed by atoms with Gasteiger partial charge in [0.05, 0.1) is 0 Å². The van der Waals surface area contributed by atoms with Crippen molar-refractivity contribution in [3.05, 3.63) is 180 Å². The fraction of sp³-hybridized carbons (Fsp3) is 0.120. The van der Waals surface area contributed by atoms with E-state index in [0.29, 0.717) is 11.5 Å². The summed E-state index contributed by atoms with van der Waals surface area (Å²) in [5.41, 5.74) is 14.0. The minimum absolute atomic E-state index is 0. The Labute approximate surface area is 353 Å². The number of hydrogen-bond donors (Lipinski definition) is 0. The molecular formula is C50H39N6OPt-3. The van der Waals surface area contributed by atoms with E-state index in [9.17, 15) is 0 Å². The van der Waals surface area contributed by atoms with Crippen LogP contribution in [0.1, 0.15) is 33.4 Å². The molecule has 7 nitrogen and oxygen atoms in total. The molecule has 0 amide bonds. The number of aromatic nitrogens is 2. The Balaban J connectivity index is 0.00000408. The molecule has 0 N–H and O–H groups in total. The maximum Gasteiger partial charge on any atom is 0.135 e. The average Bonchev–Trinajstić information content (AvgIpc) is 3.70. The van der Waals surface area contributed by atoms with Crippen molar-refractivity contribution in [3.8, 4) is 17.3 Å². The van der Waals surface area contributed by atoms with Gasteiger partial charge in [0, 0.05) is 101 Å². The number of nitrogens with zero attached hydrogens (tertiary/aromatic N) is 6. The fourth-order valence-corrected chi connectivity index (χ4v) is 9.57. The quantitative estimate of drug-likeness (QED) is 0.160. The van der Waals surface area contributed by atoms with Crippen molar-refractivity contribution in [3.63, 3.8) is 0 Å². The van der Waals surface area contributed by atoms with Crippen molar-refractivity contribution in [1.29, 1.82) is 0 Å². The number of ether oxygens (including phenoxy) is 1. The maximum atomic E-state index is 6.80. The monoisotopic (exact) mass is 934 g/mol. The molecule has 8 heteroatoms.